The third kappa shape index (κ3) is 38.5. The first-order valence-corrected chi connectivity index (χ1v) is 39.9. The summed E-state index contributed by atoms with van der Waals surface area (Å²) < 4.78 is 41.1. The molecule has 1 heterocycles. The molecule has 0 aromatic carbocycles. The van der Waals surface area contributed by atoms with Crippen molar-refractivity contribution < 1.29 is 66.8 Å². The molecule has 100 heavy (non-hydrogen) atoms. The molecule has 1 unspecified atom stereocenters. The van der Waals surface area contributed by atoms with E-state index in [0.717, 1.165) is 186 Å². The molecule has 0 bridgehead atoms. The lowest BCUT2D eigenvalue weighted by Crippen LogP contribution is -2.88. The van der Waals surface area contributed by atoms with E-state index in [1.807, 2.05) is 48.6 Å². The van der Waals surface area contributed by atoms with E-state index >= 15 is 33.6 Å². The van der Waals surface area contributed by atoms with E-state index in [4.69, 9.17) is 28.4 Å². The van der Waals surface area contributed by atoms with E-state index in [1.54, 1.807) is 0 Å². The molecule has 568 valence electrons. The van der Waals surface area contributed by atoms with Crippen molar-refractivity contribution in [3.05, 3.63) is 101 Å². The molecule has 0 aromatic heterocycles. The Morgan fingerprint density at radius 3 is 0.850 bits per heavy atom. The van der Waals surface area contributed by atoms with Crippen LogP contribution >= 0.6 is 0 Å². The molecule has 14 heteroatoms. The molecular weight excluding hydrogens is 1260 g/mol. The van der Waals surface area contributed by atoms with E-state index in [-0.39, 0.29) is 70.6 Å². The van der Waals surface area contributed by atoms with Gasteiger partial charge in [0.25, 0.3) is 11.2 Å². The lowest BCUT2D eigenvalue weighted by Gasteiger charge is -2.60. The van der Waals surface area contributed by atoms with Gasteiger partial charge in [0.2, 0.25) is 5.78 Å². The van der Waals surface area contributed by atoms with E-state index in [0.29, 0.717) is 83.5 Å². The summed E-state index contributed by atoms with van der Waals surface area (Å²) in [6, 6.07) is 0. The van der Waals surface area contributed by atoms with Gasteiger partial charge < -0.3 is 28.4 Å². The Bertz CT molecular complexity index is 2340. The van der Waals surface area contributed by atoms with Gasteiger partial charge in [-0.1, -0.05) is 203 Å². The number of ether oxygens (including phenoxy) is 6. The maximum absolute atomic E-state index is 17.2. The second-order valence-electron chi connectivity index (χ2n) is 27.7. The Kier molecular flexibility index (Phi) is 57.1. The number of rotatable bonds is 73. The molecule has 0 N–H and O–H groups in total. The van der Waals surface area contributed by atoms with Gasteiger partial charge in [-0.2, -0.15) is 0 Å². The zero-order chi connectivity index (χ0) is 73.5. The smallest absolute Gasteiger partial charge is 0.326 e. The van der Waals surface area contributed by atoms with Crippen LogP contribution in [-0.2, 0) is 66.8 Å². The molecule has 0 amide bonds. The normalized spacial score (nSPS) is 17.8. The lowest BCUT2D eigenvalue weighted by atomic mass is 9.61. The minimum atomic E-state index is -3.49. The summed E-state index contributed by atoms with van der Waals surface area (Å²) in [7, 11) is 0. The average Bonchev–Trinajstić information content (AvgIpc) is 0.671. The number of ketones is 3. The van der Waals surface area contributed by atoms with E-state index < -0.39 is 102 Å². The molecule has 0 aliphatic carbocycles. The molecule has 1 saturated heterocycles. The number of esters is 5. The maximum atomic E-state index is 17.2. The van der Waals surface area contributed by atoms with Gasteiger partial charge in [0.05, 0.1) is 0 Å². The van der Waals surface area contributed by atoms with Gasteiger partial charge in [0, 0.05) is 51.4 Å². The topological polar surface area (TPSA) is 192 Å². The van der Waals surface area contributed by atoms with Crippen molar-refractivity contribution >= 4 is 47.2 Å². The monoisotopic (exact) mass is 1400 g/mol. The first-order chi connectivity index (χ1) is 48.7. The van der Waals surface area contributed by atoms with Gasteiger partial charge in [-0.05, 0) is 154 Å². The summed E-state index contributed by atoms with van der Waals surface area (Å²) in [5, 5.41) is 0. The Labute approximate surface area is 607 Å². The number of hydrogen-bond donors (Lipinski definition) is 0. The second-order valence-corrected chi connectivity index (χ2v) is 27.7. The van der Waals surface area contributed by atoms with E-state index in [9.17, 15) is 4.79 Å². The Morgan fingerprint density at radius 1 is 0.270 bits per heavy atom. The number of hydrogen-bond acceptors (Lipinski definition) is 14. The molecular formula is C86H140O14. The number of allylic oxidation sites excluding steroid dienone is 8. The van der Waals surface area contributed by atoms with Crippen LogP contribution in [0.15, 0.2) is 101 Å². The van der Waals surface area contributed by atoms with Gasteiger partial charge in [0.1, 0.15) is 12.7 Å². The molecule has 1 aliphatic rings. The van der Waals surface area contributed by atoms with Crippen LogP contribution in [0, 0.1) is 0 Å². The van der Waals surface area contributed by atoms with Crippen molar-refractivity contribution in [3.8, 4) is 0 Å². The lowest BCUT2D eigenvalue weighted by molar-refractivity contribution is -0.379. The molecule has 1 fully saturated rings. The highest BCUT2D eigenvalue weighted by Gasteiger charge is 2.87. The van der Waals surface area contributed by atoms with E-state index in [2.05, 4.69) is 52.6 Å². The van der Waals surface area contributed by atoms with Crippen LogP contribution in [0.2, 0.25) is 0 Å². The van der Waals surface area contributed by atoms with Crippen molar-refractivity contribution in [1.82, 2.24) is 0 Å². The largest absolute Gasteiger partial charge is 0.463 e. The van der Waals surface area contributed by atoms with Crippen LogP contribution in [0.5, 0.6) is 0 Å². The minimum absolute atomic E-state index is 0.0355. The predicted octanol–water partition coefficient (Wildman–Crippen LogP) is 22.7. The summed E-state index contributed by atoms with van der Waals surface area (Å²) in [5.41, 5.74) is -6.79. The van der Waals surface area contributed by atoms with Crippen molar-refractivity contribution in [2.45, 2.75) is 389 Å². The highest BCUT2D eigenvalue weighted by atomic mass is 16.8. The quantitative estimate of drug-likeness (QED) is 0.0242. The second kappa shape index (κ2) is 61.9. The van der Waals surface area contributed by atoms with Crippen LogP contribution in [0.25, 0.3) is 0 Å². The highest BCUT2D eigenvalue weighted by molar-refractivity contribution is 6.09. The molecule has 14 nitrogen and oxygen atoms in total. The van der Waals surface area contributed by atoms with Crippen molar-refractivity contribution in [2.24, 2.45) is 0 Å². The third-order valence-corrected chi connectivity index (χ3v) is 19.1. The van der Waals surface area contributed by atoms with Gasteiger partial charge in [-0.15, -0.1) is 52.6 Å². The number of Topliss-reactive ketones (excluding diaryl/α,β-unsaturated/α-hetero) is 3. The third-order valence-electron chi connectivity index (χ3n) is 19.1. The summed E-state index contributed by atoms with van der Waals surface area (Å²) in [4.78, 5) is 128. The maximum Gasteiger partial charge on any atom is 0.326 e. The molecule has 1 aliphatic heterocycles. The fraction of sp³-hybridized carbons (Fsp3) is 0.721. The summed E-state index contributed by atoms with van der Waals surface area (Å²) >= 11 is 0. The minimum Gasteiger partial charge on any atom is -0.463 e. The first kappa shape index (κ1) is 92.3. The van der Waals surface area contributed by atoms with Crippen LogP contribution < -0.4 is 0 Å². The Morgan fingerprint density at radius 2 is 0.520 bits per heavy atom. The number of carbonyl (C=O) groups excluding carboxylic acids is 8. The Hall–Kier alpha value is -5.76. The summed E-state index contributed by atoms with van der Waals surface area (Å²) in [6.45, 7) is 30.1. The van der Waals surface area contributed by atoms with Crippen molar-refractivity contribution in [1.29, 1.82) is 0 Å². The molecule has 0 radical (unpaired) electrons. The predicted molar refractivity (Wildman–Crippen MR) is 407 cm³/mol. The van der Waals surface area contributed by atoms with Gasteiger partial charge in [-0.3, -0.25) is 38.4 Å². The molecule has 0 spiro atoms. The number of carbonyl (C=O) groups is 8. The fourth-order valence-corrected chi connectivity index (χ4v) is 13.3. The van der Waals surface area contributed by atoms with Crippen LogP contribution in [0.4, 0.5) is 0 Å². The van der Waals surface area contributed by atoms with Crippen molar-refractivity contribution in [2.75, 3.05) is 6.61 Å². The number of unbranched alkanes of at least 4 members (excludes halogenated alkanes) is 40. The van der Waals surface area contributed by atoms with E-state index in [1.165, 1.54) is 0 Å². The summed E-state index contributed by atoms with van der Waals surface area (Å²) in [5.74, 6) is -11.1. The molecule has 0 saturated carbocycles. The standard InChI is InChI=1S/C86H140O14/c1-9-17-25-33-41-49-57-65-75(87)84(98-80(92)70-62-54-46-38-30-22-14-6)83(96-79(91)69-61-53-45-37-29-21-13-5)74(73-95-78(90)68-60-52-44-36-28-20-12-4)97-86(77(89)67-59-51-43-35-27-19-11-3,100-82(94)72-64-56-48-40-32-24-16-8)85(84,76(88)66-58-50-42-34-26-18-10-2)99-81(93)71-63-55-47-39-31-23-15-7/h9-16,74,83H,1-8,17-73H2/t74-,83-,84+,85-,86?/m1/s1. The Balaban J connectivity index is 5.08. The van der Waals surface area contributed by atoms with Gasteiger partial charge in [0.15, 0.2) is 17.7 Å². The van der Waals surface area contributed by atoms with Gasteiger partial charge in [-0.25, -0.2) is 0 Å². The average molecular weight is 1400 g/mol. The molecule has 0 aromatic rings. The highest BCUT2D eigenvalue weighted by Crippen LogP contribution is 2.55. The summed E-state index contributed by atoms with van der Waals surface area (Å²) in [6.07, 6.45) is 41.2. The van der Waals surface area contributed by atoms with Crippen LogP contribution in [0.1, 0.15) is 360 Å². The van der Waals surface area contributed by atoms with Crippen molar-refractivity contribution in [3.63, 3.8) is 0 Å². The van der Waals surface area contributed by atoms with Crippen LogP contribution in [-0.4, -0.2) is 83.0 Å². The van der Waals surface area contributed by atoms with Crippen LogP contribution in [0.3, 0.4) is 0 Å². The molecule has 1 rings (SSSR count). The molecule has 5 atom stereocenters. The fourth-order valence-electron chi connectivity index (χ4n) is 13.3. The zero-order valence-electron chi connectivity index (χ0n) is 63.0. The van der Waals surface area contributed by atoms with Gasteiger partial charge >= 0.3 is 35.6 Å². The first-order valence-electron chi connectivity index (χ1n) is 39.9. The zero-order valence-corrected chi connectivity index (χ0v) is 63.0. The SMILES string of the molecule is C=CCCCCCCCC(=O)OC[C@H]1OC(OC(=O)CCCCCCCC=C)(C(=O)CCCCCCCC=C)[C@@](OC(=O)CCCCCCCC=C)(C(=O)CCCCCCCC=C)[C@](OC(=O)CCCCCCCC=C)(C(=O)CCCCCCCC=C)[C@@H]1OC(=O)CCCCCCCC=C.